The molecule has 0 N–H and O–H groups in total. The second-order valence-electron chi connectivity index (χ2n) is 2.13. The van der Waals surface area contributed by atoms with E-state index in [1.807, 2.05) is 0 Å². The van der Waals surface area contributed by atoms with Crippen molar-refractivity contribution in [3.05, 3.63) is 35.7 Å². The molecule has 0 saturated heterocycles. The molecule has 0 saturated carbocycles. The minimum absolute atomic E-state index is 0.0439. The molecule has 0 amide bonds. The van der Waals surface area contributed by atoms with Crippen molar-refractivity contribution in [3.63, 3.8) is 0 Å². The van der Waals surface area contributed by atoms with Gasteiger partial charge in [0, 0.05) is 5.02 Å². The van der Waals surface area contributed by atoms with E-state index >= 15 is 0 Å². The molecule has 0 heterocycles. The predicted octanol–water partition coefficient (Wildman–Crippen LogP) is 3.12. The Balaban J connectivity index is 2.82. The molecule has 65 valence electrons. The Morgan fingerprint density at radius 1 is 1.42 bits per heavy atom. The van der Waals surface area contributed by atoms with Crippen molar-refractivity contribution in [2.45, 2.75) is 6.61 Å². The molecule has 0 unspecified atom stereocenters. The van der Waals surface area contributed by atoms with Gasteiger partial charge >= 0.3 is 6.61 Å². The third kappa shape index (κ3) is 2.34. The molecular formula is C8H6ClF2O. The molecule has 0 aliphatic heterocycles. The zero-order chi connectivity index (χ0) is 9.14. The van der Waals surface area contributed by atoms with Crippen LogP contribution in [0.15, 0.2) is 18.2 Å². The van der Waals surface area contributed by atoms with Crippen LogP contribution in [0.5, 0.6) is 5.75 Å². The second-order valence-corrected chi connectivity index (χ2v) is 2.54. The number of alkyl halides is 2. The molecule has 0 aromatic heterocycles. The lowest BCUT2D eigenvalue weighted by Crippen LogP contribution is -2.01. The molecule has 0 atom stereocenters. The smallest absolute Gasteiger partial charge is 0.387 e. The van der Waals surface area contributed by atoms with Gasteiger partial charge in [0.15, 0.2) is 0 Å². The van der Waals surface area contributed by atoms with Gasteiger partial charge in [-0.1, -0.05) is 17.7 Å². The molecule has 0 spiro atoms. The number of benzene rings is 1. The molecule has 1 nitrogen and oxygen atoms in total. The SMILES string of the molecule is [CH2]c1ccc(OC(F)F)cc1Cl. The lowest BCUT2D eigenvalue weighted by molar-refractivity contribution is -0.0498. The van der Waals surface area contributed by atoms with Crippen LogP contribution in [0.1, 0.15) is 5.56 Å². The van der Waals surface area contributed by atoms with Crippen LogP contribution in [0.2, 0.25) is 5.02 Å². The predicted molar refractivity (Wildman–Crippen MR) is 42.5 cm³/mol. The van der Waals surface area contributed by atoms with Gasteiger partial charge in [-0.15, -0.1) is 0 Å². The van der Waals surface area contributed by atoms with Crippen LogP contribution >= 0.6 is 11.6 Å². The van der Waals surface area contributed by atoms with E-state index in [2.05, 4.69) is 11.7 Å². The van der Waals surface area contributed by atoms with Crippen LogP contribution in [0.25, 0.3) is 0 Å². The quantitative estimate of drug-likeness (QED) is 0.698. The number of hydrogen-bond acceptors (Lipinski definition) is 1. The highest BCUT2D eigenvalue weighted by atomic mass is 35.5. The Bertz CT molecular complexity index is 276. The van der Waals surface area contributed by atoms with Crippen molar-refractivity contribution in [1.29, 1.82) is 0 Å². The highest BCUT2D eigenvalue weighted by Crippen LogP contribution is 2.22. The van der Waals surface area contributed by atoms with E-state index < -0.39 is 6.61 Å². The van der Waals surface area contributed by atoms with E-state index in [1.165, 1.54) is 18.2 Å². The number of hydrogen-bond donors (Lipinski definition) is 0. The van der Waals surface area contributed by atoms with E-state index in [-0.39, 0.29) is 5.75 Å². The van der Waals surface area contributed by atoms with Crippen LogP contribution in [0.4, 0.5) is 8.78 Å². The summed E-state index contributed by atoms with van der Waals surface area (Å²) in [4.78, 5) is 0. The normalized spacial score (nSPS) is 10.4. The van der Waals surface area contributed by atoms with Gasteiger partial charge in [-0.3, -0.25) is 0 Å². The van der Waals surface area contributed by atoms with Crippen LogP contribution in [-0.4, -0.2) is 6.61 Å². The molecule has 1 aromatic rings. The zero-order valence-corrected chi connectivity index (χ0v) is 6.81. The summed E-state index contributed by atoms with van der Waals surface area (Å²) in [5.74, 6) is 0.0439. The lowest BCUT2D eigenvalue weighted by Gasteiger charge is -2.04. The summed E-state index contributed by atoms with van der Waals surface area (Å²) in [5, 5.41) is 0.313. The summed E-state index contributed by atoms with van der Waals surface area (Å²) >= 11 is 5.61. The first-order valence-corrected chi connectivity index (χ1v) is 3.53. The van der Waals surface area contributed by atoms with Crippen molar-refractivity contribution in [1.82, 2.24) is 0 Å². The van der Waals surface area contributed by atoms with E-state index in [9.17, 15) is 8.78 Å². The van der Waals surface area contributed by atoms with E-state index in [1.54, 1.807) is 0 Å². The van der Waals surface area contributed by atoms with Crippen LogP contribution in [-0.2, 0) is 0 Å². The van der Waals surface area contributed by atoms with Crippen molar-refractivity contribution >= 4 is 11.6 Å². The van der Waals surface area contributed by atoms with Crippen molar-refractivity contribution in [3.8, 4) is 5.75 Å². The van der Waals surface area contributed by atoms with E-state index in [4.69, 9.17) is 11.6 Å². The first-order valence-electron chi connectivity index (χ1n) is 3.16. The van der Waals surface area contributed by atoms with Crippen LogP contribution < -0.4 is 4.74 Å². The van der Waals surface area contributed by atoms with Gasteiger partial charge in [-0.05, 0) is 24.6 Å². The summed E-state index contributed by atoms with van der Waals surface area (Å²) in [6, 6.07) is 4.20. The Morgan fingerprint density at radius 2 is 2.08 bits per heavy atom. The monoisotopic (exact) mass is 191 g/mol. The minimum atomic E-state index is -2.82. The maximum absolute atomic E-state index is 11.7. The fourth-order valence-corrected chi connectivity index (χ4v) is 0.875. The summed E-state index contributed by atoms with van der Waals surface area (Å²) < 4.78 is 27.4. The third-order valence-electron chi connectivity index (χ3n) is 1.25. The summed E-state index contributed by atoms with van der Waals surface area (Å²) in [5.41, 5.74) is 0.582. The molecule has 0 fully saturated rings. The van der Waals surface area contributed by atoms with Crippen LogP contribution in [0.3, 0.4) is 0 Å². The average Bonchev–Trinajstić information content (AvgIpc) is 1.96. The number of halogens is 3. The second kappa shape index (κ2) is 3.72. The topological polar surface area (TPSA) is 9.23 Å². The van der Waals surface area contributed by atoms with Crippen molar-refractivity contribution in [2.75, 3.05) is 0 Å². The van der Waals surface area contributed by atoms with Gasteiger partial charge in [0.25, 0.3) is 0 Å². The Kier molecular flexibility index (Phi) is 2.87. The Morgan fingerprint density at radius 3 is 2.58 bits per heavy atom. The first-order chi connectivity index (χ1) is 5.59. The fourth-order valence-electron chi connectivity index (χ4n) is 0.704. The highest BCUT2D eigenvalue weighted by molar-refractivity contribution is 6.31. The lowest BCUT2D eigenvalue weighted by atomic mass is 10.2. The maximum atomic E-state index is 11.7. The number of ether oxygens (including phenoxy) is 1. The third-order valence-corrected chi connectivity index (χ3v) is 1.60. The molecule has 0 bridgehead atoms. The van der Waals surface area contributed by atoms with Gasteiger partial charge in [-0.25, -0.2) is 0 Å². The van der Waals surface area contributed by atoms with Crippen molar-refractivity contribution in [2.24, 2.45) is 0 Å². The molecule has 0 aliphatic rings. The summed E-state index contributed by atoms with van der Waals surface area (Å²) in [6.45, 7) is 0.743. The van der Waals surface area contributed by atoms with Gasteiger partial charge in [0.1, 0.15) is 5.75 Å². The first kappa shape index (κ1) is 9.26. The zero-order valence-electron chi connectivity index (χ0n) is 6.06. The summed E-state index contributed by atoms with van der Waals surface area (Å²) in [7, 11) is 0. The van der Waals surface area contributed by atoms with E-state index in [0.29, 0.717) is 10.6 Å². The van der Waals surface area contributed by atoms with Gasteiger partial charge in [0.2, 0.25) is 0 Å². The van der Waals surface area contributed by atoms with Gasteiger partial charge < -0.3 is 4.74 Å². The molecule has 1 aromatic carbocycles. The molecule has 1 radical (unpaired) electrons. The molecule has 4 heteroatoms. The average molecular weight is 192 g/mol. The molecule has 12 heavy (non-hydrogen) atoms. The molecule has 0 aliphatic carbocycles. The van der Waals surface area contributed by atoms with Crippen molar-refractivity contribution < 1.29 is 13.5 Å². The fraction of sp³-hybridized carbons (Fsp3) is 0.125. The molecular weight excluding hydrogens is 186 g/mol. The Hall–Kier alpha value is -0.830. The standard InChI is InChI=1S/C8H6ClF2O/c1-5-2-3-6(4-7(5)9)12-8(10)11/h2-4,8H,1H2. The highest BCUT2D eigenvalue weighted by Gasteiger charge is 2.04. The molecule has 1 rings (SSSR count). The van der Waals surface area contributed by atoms with Gasteiger partial charge in [-0.2, -0.15) is 8.78 Å². The Labute approximate surface area is 73.9 Å². The van der Waals surface area contributed by atoms with Gasteiger partial charge in [0.05, 0.1) is 0 Å². The van der Waals surface area contributed by atoms with Crippen LogP contribution in [0, 0.1) is 6.92 Å². The minimum Gasteiger partial charge on any atom is -0.435 e. The summed E-state index contributed by atoms with van der Waals surface area (Å²) in [6.07, 6.45) is 0. The maximum Gasteiger partial charge on any atom is 0.387 e. The largest absolute Gasteiger partial charge is 0.435 e. The number of rotatable bonds is 2. The van der Waals surface area contributed by atoms with E-state index in [0.717, 1.165) is 0 Å².